The van der Waals surface area contributed by atoms with Gasteiger partial charge in [-0.05, 0) is 17.7 Å². The van der Waals surface area contributed by atoms with Crippen molar-refractivity contribution in [2.75, 3.05) is 7.11 Å². The summed E-state index contributed by atoms with van der Waals surface area (Å²) in [5.74, 6) is 0.661. The largest absolute Gasteiger partial charge is 0.497 e. The average Bonchev–Trinajstić information content (AvgIpc) is 2.48. The molecule has 2 aromatic rings. The predicted molar refractivity (Wildman–Crippen MR) is 73.3 cm³/mol. The van der Waals surface area contributed by atoms with E-state index in [-0.39, 0.29) is 12.2 Å². The standard InChI is InChI=1S/C16H16O3/c1-19-14-9-7-13(8-10-14)16(18)11-15(17)12-5-3-2-4-6-12/h2-10,16,18H,11H2,1H3/t16-/m0/s1. The third kappa shape index (κ3) is 3.42. The summed E-state index contributed by atoms with van der Waals surface area (Å²) in [6.07, 6.45) is -0.713. The molecule has 0 aromatic heterocycles. The van der Waals surface area contributed by atoms with Crippen molar-refractivity contribution in [1.82, 2.24) is 0 Å². The molecule has 0 aliphatic heterocycles. The highest BCUT2D eigenvalue weighted by Gasteiger charge is 2.14. The van der Waals surface area contributed by atoms with Gasteiger partial charge in [0.25, 0.3) is 0 Å². The van der Waals surface area contributed by atoms with Crippen LogP contribution >= 0.6 is 0 Å². The Morgan fingerprint density at radius 3 is 2.32 bits per heavy atom. The van der Waals surface area contributed by atoms with E-state index >= 15 is 0 Å². The van der Waals surface area contributed by atoms with Crippen LogP contribution in [-0.2, 0) is 0 Å². The number of ketones is 1. The molecule has 0 saturated heterocycles. The first-order chi connectivity index (χ1) is 9.20. The van der Waals surface area contributed by atoms with Crippen LogP contribution in [0.1, 0.15) is 28.4 Å². The summed E-state index contributed by atoms with van der Waals surface area (Å²) in [7, 11) is 1.59. The van der Waals surface area contributed by atoms with Crippen LogP contribution in [0.2, 0.25) is 0 Å². The zero-order valence-corrected chi connectivity index (χ0v) is 10.7. The second kappa shape index (κ2) is 6.16. The number of aliphatic hydroxyl groups is 1. The Labute approximate surface area is 112 Å². The Hall–Kier alpha value is -2.13. The van der Waals surface area contributed by atoms with Crippen LogP contribution in [0.25, 0.3) is 0 Å². The molecular weight excluding hydrogens is 240 g/mol. The molecule has 0 aliphatic rings. The molecule has 0 aliphatic carbocycles. The predicted octanol–water partition coefficient (Wildman–Crippen LogP) is 3.00. The number of carbonyl (C=O) groups is 1. The highest BCUT2D eigenvalue weighted by molar-refractivity contribution is 5.96. The molecule has 0 bridgehead atoms. The molecule has 0 saturated carbocycles. The van der Waals surface area contributed by atoms with Gasteiger partial charge in [0.1, 0.15) is 5.75 Å². The van der Waals surface area contributed by atoms with Crippen LogP contribution in [-0.4, -0.2) is 18.0 Å². The fourth-order valence-electron chi connectivity index (χ4n) is 1.86. The lowest BCUT2D eigenvalue weighted by atomic mass is 10.0. The molecule has 19 heavy (non-hydrogen) atoms. The van der Waals surface area contributed by atoms with E-state index in [1.54, 1.807) is 43.5 Å². The Bertz CT molecular complexity index is 532. The van der Waals surface area contributed by atoms with Gasteiger partial charge in [-0.1, -0.05) is 42.5 Å². The summed E-state index contributed by atoms with van der Waals surface area (Å²) < 4.78 is 5.05. The van der Waals surface area contributed by atoms with Crippen molar-refractivity contribution < 1.29 is 14.6 Å². The lowest BCUT2D eigenvalue weighted by molar-refractivity contribution is 0.0880. The maximum Gasteiger partial charge on any atom is 0.165 e. The maximum atomic E-state index is 12.0. The van der Waals surface area contributed by atoms with Gasteiger partial charge in [0, 0.05) is 12.0 Å². The SMILES string of the molecule is COc1ccc([C@@H](O)CC(=O)c2ccccc2)cc1. The third-order valence-electron chi connectivity index (χ3n) is 2.98. The van der Waals surface area contributed by atoms with Gasteiger partial charge in [-0.3, -0.25) is 4.79 Å². The Balaban J connectivity index is 2.04. The molecule has 3 nitrogen and oxygen atoms in total. The zero-order valence-electron chi connectivity index (χ0n) is 10.7. The monoisotopic (exact) mass is 256 g/mol. The minimum Gasteiger partial charge on any atom is -0.497 e. The summed E-state index contributed by atoms with van der Waals surface area (Å²) in [5.41, 5.74) is 1.33. The summed E-state index contributed by atoms with van der Waals surface area (Å²) in [6.45, 7) is 0. The Morgan fingerprint density at radius 1 is 1.11 bits per heavy atom. The molecule has 2 aromatic carbocycles. The van der Waals surface area contributed by atoms with Crippen LogP contribution in [0.4, 0.5) is 0 Å². The number of rotatable bonds is 5. The second-order valence-electron chi connectivity index (χ2n) is 4.28. The molecule has 0 amide bonds. The second-order valence-corrected chi connectivity index (χ2v) is 4.28. The van der Waals surface area contributed by atoms with Gasteiger partial charge in [0.2, 0.25) is 0 Å². The molecule has 0 spiro atoms. The molecule has 0 unspecified atom stereocenters. The van der Waals surface area contributed by atoms with Crippen molar-refractivity contribution in [1.29, 1.82) is 0 Å². The minimum absolute atomic E-state index is 0.0658. The van der Waals surface area contributed by atoms with Crippen molar-refractivity contribution >= 4 is 5.78 Å². The Morgan fingerprint density at radius 2 is 1.74 bits per heavy atom. The van der Waals surface area contributed by atoms with E-state index in [9.17, 15) is 9.90 Å². The quantitative estimate of drug-likeness (QED) is 0.836. The summed E-state index contributed by atoms with van der Waals surface area (Å²) >= 11 is 0. The first-order valence-corrected chi connectivity index (χ1v) is 6.11. The molecule has 0 radical (unpaired) electrons. The fraction of sp³-hybridized carbons (Fsp3) is 0.188. The van der Waals surface area contributed by atoms with E-state index in [0.717, 1.165) is 5.75 Å². The van der Waals surface area contributed by atoms with Gasteiger partial charge in [0.15, 0.2) is 5.78 Å². The lowest BCUT2D eigenvalue weighted by Gasteiger charge is -2.11. The van der Waals surface area contributed by atoms with Crippen LogP contribution in [0.15, 0.2) is 54.6 Å². The molecule has 1 atom stereocenters. The Kier molecular flexibility index (Phi) is 4.31. The third-order valence-corrected chi connectivity index (χ3v) is 2.98. The van der Waals surface area contributed by atoms with Crippen LogP contribution in [0, 0.1) is 0 Å². The topological polar surface area (TPSA) is 46.5 Å². The van der Waals surface area contributed by atoms with Gasteiger partial charge in [-0.15, -0.1) is 0 Å². The number of Topliss-reactive ketones (excluding diaryl/α,β-unsaturated/α-hetero) is 1. The van der Waals surface area contributed by atoms with E-state index in [0.29, 0.717) is 11.1 Å². The first kappa shape index (κ1) is 13.3. The molecule has 2 rings (SSSR count). The number of methoxy groups -OCH3 is 1. The van der Waals surface area contributed by atoms with Gasteiger partial charge in [-0.2, -0.15) is 0 Å². The number of hydrogen-bond donors (Lipinski definition) is 1. The van der Waals surface area contributed by atoms with Crippen LogP contribution in [0.3, 0.4) is 0 Å². The molecular formula is C16H16O3. The van der Waals surface area contributed by atoms with E-state index in [1.165, 1.54) is 0 Å². The van der Waals surface area contributed by atoms with Crippen molar-refractivity contribution in [3.05, 3.63) is 65.7 Å². The van der Waals surface area contributed by atoms with Gasteiger partial charge >= 0.3 is 0 Å². The number of carbonyl (C=O) groups excluding carboxylic acids is 1. The van der Waals surface area contributed by atoms with Gasteiger partial charge < -0.3 is 9.84 Å². The lowest BCUT2D eigenvalue weighted by Crippen LogP contribution is -2.07. The number of hydrogen-bond acceptors (Lipinski definition) is 3. The van der Waals surface area contributed by atoms with Gasteiger partial charge in [-0.25, -0.2) is 0 Å². The zero-order chi connectivity index (χ0) is 13.7. The molecule has 3 heteroatoms. The van der Waals surface area contributed by atoms with E-state index in [1.807, 2.05) is 18.2 Å². The number of aliphatic hydroxyl groups excluding tert-OH is 1. The highest BCUT2D eigenvalue weighted by atomic mass is 16.5. The maximum absolute atomic E-state index is 12.0. The number of ether oxygens (including phenoxy) is 1. The van der Waals surface area contributed by atoms with Crippen molar-refractivity contribution in [2.24, 2.45) is 0 Å². The molecule has 0 fully saturated rings. The fourth-order valence-corrected chi connectivity index (χ4v) is 1.86. The minimum atomic E-state index is -0.793. The smallest absolute Gasteiger partial charge is 0.165 e. The molecule has 98 valence electrons. The van der Waals surface area contributed by atoms with Gasteiger partial charge in [0.05, 0.1) is 13.2 Å². The van der Waals surface area contributed by atoms with E-state index in [4.69, 9.17) is 4.74 Å². The number of benzene rings is 2. The molecule has 0 heterocycles. The van der Waals surface area contributed by atoms with Crippen molar-refractivity contribution in [3.63, 3.8) is 0 Å². The average molecular weight is 256 g/mol. The summed E-state index contributed by atoms with van der Waals surface area (Å²) in [5, 5.41) is 10.1. The van der Waals surface area contributed by atoms with Crippen LogP contribution in [0.5, 0.6) is 5.75 Å². The van der Waals surface area contributed by atoms with Crippen LogP contribution < -0.4 is 4.74 Å². The first-order valence-electron chi connectivity index (χ1n) is 6.11. The summed E-state index contributed by atoms with van der Waals surface area (Å²) in [4.78, 5) is 12.0. The van der Waals surface area contributed by atoms with Crippen molar-refractivity contribution in [3.8, 4) is 5.75 Å². The highest BCUT2D eigenvalue weighted by Crippen LogP contribution is 2.21. The summed E-state index contributed by atoms with van der Waals surface area (Å²) in [6, 6.07) is 16.1. The molecule has 1 N–H and O–H groups in total. The van der Waals surface area contributed by atoms with Crippen molar-refractivity contribution in [2.45, 2.75) is 12.5 Å². The van der Waals surface area contributed by atoms with E-state index < -0.39 is 6.10 Å². The normalized spacial score (nSPS) is 11.9. The van der Waals surface area contributed by atoms with E-state index in [2.05, 4.69) is 0 Å².